The van der Waals surface area contributed by atoms with Gasteiger partial charge in [0.1, 0.15) is 5.75 Å². The lowest BCUT2D eigenvalue weighted by Crippen LogP contribution is -2.28. The molecule has 1 aromatic carbocycles. The van der Waals surface area contributed by atoms with Gasteiger partial charge in [0.2, 0.25) is 0 Å². The molecular weight excluding hydrogens is 320 g/mol. The number of para-hydroxylation sites is 1. The van der Waals surface area contributed by atoms with Crippen LogP contribution in [-0.2, 0) is 11.3 Å². The van der Waals surface area contributed by atoms with Crippen LogP contribution in [0.3, 0.4) is 0 Å². The number of pyridine rings is 1. The smallest absolute Gasteiger partial charge is 0.258 e. The zero-order chi connectivity index (χ0) is 16.8. The normalized spacial score (nSPS) is 10.4. The number of nitrogens with one attached hydrogen (secondary N) is 1. The molecular formula is C19H18N2O2S. The van der Waals surface area contributed by atoms with Crippen molar-refractivity contribution in [1.29, 1.82) is 0 Å². The van der Waals surface area contributed by atoms with E-state index in [1.807, 2.05) is 48.8 Å². The van der Waals surface area contributed by atoms with Crippen LogP contribution < -0.4 is 10.1 Å². The van der Waals surface area contributed by atoms with Crippen LogP contribution in [0.4, 0.5) is 0 Å². The van der Waals surface area contributed by atoms with Crippen molar-refractivity contribution in [3.05, 3.63) is 70.7 Å². The molecule has 0 radical (unpaired) electrons. The average molecular weight is 338 g/mol. The topological polar surface area (TPSA) is 51.2 Å². The molecule has 3 rings (SSSR count). The lowest BCUT2D eigenvalue weighted by atomic mass is 10.1. The fourth-order valence-electron chi connectivity index (χ4n) is 2.28. The van der Waals surface area contributed by atoms with Gasteiger partial charge in [0.05, 0.1) is 0 Å². The van der Waals surface area contributed by atoms with Crippen LogP contribution in [0, 0.1) is 6.92 Å². The number of aryl methyl sites for hydroxylation is 1. The minimum Gasteiger partial charge on any atom is -0.484 e. The van der Waals surface area contributed by atoms with Crippen molar-refractivity contribution in [3.8, 4) is 16.9 Å². The maximum atomic E-state index is 12.0. The second-order valence-electron chi connectivity index (χ2n) is 5.42. The van der Waals surface area contributed by atoms with Crippen molar-refractivity contribution in [2.75, 3.05) is 6.61 Å². The van der Waals surface area contributed by atoms with Gasteiger partial charge in [-0.25, -0.2) is 0 Å². The van der Waals surface area contributed by atoms with Crippen molar-refractivity contribution in [3.63, 3.8) is 0 Å². The van der Waals surface area contributed by atoms with E-state index in [1.165, 1.54) is 0 Å². The lowest BCUT2D eigenvalue weighted by Gasteiger charge is -2.09. The van der Waals surface area contributed by atoms with E-state index in [2.05, 4.69) is 21.7 Å². The van der Waals surface area contributed by atoms with E-state index in [4.69, 9.17) is 4.74 Å². The molecule has 0 aliphatic carbocycles. The standard InChI is InChI=1S/C19H18N2O2S/c1-14-4-2-3-5-18(14)23-12-19(22)21-10-15-8-17(11-20-9-15)16-6-7-24-13-16/h2-9,11,13H,10,12H2,1H3,(H,21,22). The highest BCUT2D eigenvalue weighted by atomic mass is 32.1. The van der Waals surface area contributed by atoms with Crippen molar-refractivity contribution in [2.45, 2.75) is 13.5 Å². The first-order chi connectivity index (χ1) is 11.7. The number of nitrogens with zero attached hydrogens (tertiary/aromatic N) is 1. The van der Waals surface area contributed by atoms with Crippen molar-refractivity contribution in [1.82, 2.24) is 10.3 Å². The van der Waals surface area contributed by atoms with Crippen LogP contribution in [0.2, 0.25) is 0 Å². The molecule has 3 aromatic rings. The number of rotatable bonds is 6. The van der Waals surface area contributed by atoms with Gasteiger partial charge in [0.25, 0.3) is 5.91 Å². The summed E-state index contributed by atoms with van der Waals surface area (Å²) in [6.45, 7) is 2.39. The summed E-state index contributed by atoms with van der Waals surface area (Å²) in [5.74, 6) is 0.577. The summed E-state index contributed by atoms with van der Waals surface area (Å²) < 4.78 is 5.54. The number of thiophene rings is 1. The monoisotopic (exact) mass is 338 g/mol. The number of carbonyl (C=O) groups is 1. The number of ether oxygens (including phenoxy) is 1. The molecule has 2 aromatic heterocycles. The highest BCUT2D eigenvalue weighted by Gasteiger charge is 2.06. The fourth-order valence-corrected chi connectivity index (χ4v) is 2.95. The SMILES string of the molecule is Cc1ccccc1OCC(=O)NCc1cncc(-c2ccsc2)c1. The zero-order valence-electron chi connectivity index (χ0n) is 13.4. The molecule has 0 saturated heterocycles. The number of amides is 1. The quantitative estimate of drug-likeness (QED) is 0.743. The summed E-state index contributed by atoms with van der Waals surface area (Å²) in [5.41, 5.74) is 4.17. The Morgan fingerprint density at radius 2 is 2.08 bits per heavy atom. The van der Waals surface area contributed by atoms with E-state index in [9.17, 15) is 4.79 Å². The Balaban J connectivity index is 1.53. The molecule has 122 valence electrons. The fraction of sp³-hybridized carbons (Fsp3) is 0.158. The van der Waals surface area contributed by atoms with Gasteiger partial charge in [-0.2, -0.15) is 11.3 Å². The van der Waals surface area contributed by atoms with Crippen LogP contribution in [0.1, 0.15) is 11.1 Å². The van der Waals surface area contributed by atoms with Gasteiger partial charge >= 0.3 is 0 Å². The first kappa shape index (κ1) is 16.2. The van der Waals surface area contributed by atoms with Gasteiger partial charge in [-0.1, -0.05) is 18.2 Å². The molecule has 2 heterocycles. The lowest BCUT2D eigenvalue weighted by molar-refractivity contribution is -0.123. The van der Waals surface area contributed by atoms with E-state index in [0.29, 0.717) is 6.54 Å². The minimum atomic E-state index is -0.154. The molecule has 1 amide bonds. The van der Waals surface area contributed by atoms with Crippen LogP contribution in [-0.4, -0.2) is 17.5 Å². The Kier molecular flexibility index (Phi) is 5.23. The Morgan fingerprint density at radius 3 is 2.88 bits per heavy atom. The summed E-state index contributed by atoms with van der Waals surface area (Å²) in [6.07, 6.45) is 3.59. The second-order valence-corrected chi connectivity index (χ2v) is 6.20. The summed E-state index contributed by atoms with van der Waals surface area (Å²) in [7, 11) is 0. The number of hydrogen-bond acceptors (Lipinski definition) is 4. The van der Waals surface area contributed by atoms with E-state index >= 15 is 0 Å². The molecule has 0 aliphatic rings. The largest absolute Gasteiger partial charge is 0.484 e. The molecule has 0 fully saturated rings. The van der Waals surface area contributed by atoms with Gasteiger partial charge in [-0.05, 0) is 52.6 Å². The van der Waals surface area contributed by atoms with E-state index in [-0.39, 0.29) is 12.5 Å². The molecule has 0 bridgehead atoms. The van der Waals surface area contributed by atoms with Gasteiger partial charge in [-0.15, -0.1) is 0 Å². The first-order valence-corrected chi connectivity index (χ1v) is 8.58. The van der Waals surface area contributed by atoms with Gasteiger partial charge < -0.3 is 10.1 Å². The maximum Gasteiger partial charge on any atom is 0.258 e. The second kappa shape index (κ2) is 7.75. The third-order valence-electron chi connectivity index (χ3n) is 3.59. The molecule has 0 spiro atoms. The number of hydrogen-bond donors (Lipinski definition) is 1. The predicted molar refractivity (Wildman–Crippen MR) is 96.1 cm³/mol. The molecule has 0 unspecified atom stereocenters. The van der Waals surface area contributed by atoms with Crippen molar-refractivity contribution >= 4 is 17.2 Å². The van der Waals surface area contributed by atoms with Crippen LogP contribution in [0.5, 0.6) is 5.75 Å². The molecule has 1 N–H and O–H groups in total. The van der Waals surface area contributed by atoms with Crippen molar-refractivity contribution in [2.24, 2.45) is 0 Å². The van der Waals surface area contributed by atoms with E-state index in [1.54, 1.807) is 17.5 Å². The third kappa shape index (κ3) is 4.20. The van der Waals surface area contributed by atoms with E-state index in [0.717, 1.165) is 28.0 Å². The van der Waals surface area contributed by atoms with Crippen LogP contribution >= 0.6 is 11.3 Å². The Morgan fingerprint density at radius 1 is 1.21 bits per heavy atom. The predicted octanol–water partition coefficient (Wildman–Crippen LogP) is 3.81. The zero-order valence-corrected chi connectivity index (χ0v) is 14.2. The van der Waals surface area contributed by atoms with Gasteiger partial charge in [0, 0.05) is 24.5 Å². The average Bonchev–Trinajstić information content (AvgIpc) is 3.14. The number of benzene rings is 1. The number of carbonyl (C=O) groups excluding carboxylic acids is 1. The summed E-state index contributed by atoms with van der Waals surface area (Å²) >= 11 is 1.65. The highest BCUT2D eigenvalue weighted by Crippen LogP contribution is 2.22. The van der Waals surface area contributed by atoms with E-state index < -0.39 is 0 Å². The summed E-state index contributed by atoms with van der Waals surface area (Å²) in [4.78, 5) is 16.2. The number of aromatic nitrogens is 1. The molecule has 4 nitrogen and oxygen atoms in total. The van der Waals surface area contributed by atoms with Crippen LogP contribution in [0.15, 0.2) is 59.6 Å². The third-order valence-corrected chi connectivity index (χ3v) is 4.27. The maximum absolute atomic E-state index is 12.0. The highest BCUT2D eigenvalue weighted by molar-refractivity contribution is 7.08. The Hall–Kier alpha value is -2.66. The van der Waals surface area contributed by atoms with Crippen LogP contribution in [0.25, 0.3) is 11.1 Å². The first-order valence-electron chi connectivity index (χ1n) is 7.64. The summed E-state index contributed by atoms with van der Waals surface area (Å²) in [5, 5.41) is 6.97. The molecule has 5 heteroatoms. The molecule has 0 aliphatic heterocycles. The Labute approximate surface area is 145 Å². The Bertz CT molecular complexity index is 816. The molecule has 0 atom stereocenters. The molecule has 0 saturated carbocycles. The van der Waals surface area contributed by atoms with Gasteiger partial charge in [-0.3, -0.25) is 9.78 Å². The molecule has 24 heavy (non-hydrogen) atoms. The van der Waals surface area contributed by atoms with Gasteiger partial charge in [0.15, 0.2) is 6.61 Å². The van der Waals surface area contributed by atoms with Crippen molar-refractivity contribution < 1.29 is 9.53 Å². The minimum absolute atomic E-state index is 0.00248. The summed E-state index contributed by atoms with van der Waals surface area (Å²) in [6, 6.07) is 11.7.